The van der Waals surface area contributed by atoms with Crippen LogP contribution in [0.3, 0.4) is 0 Å². The van der Waals surface area contributed by atoms with Crippen LogP contribution in [0.5, 0.6) is 0 Å². The van der Waals surface area contributed by atoms with Crippen LogP contribution in [0.2, 0.25) is 0 Å². The monoisotopic (exact) mass is 347 g/mol. The number of halogens is 2. The Balaban J connectivity index is 1.99. The maximum Gasteiger partial charge on any atom is 0.124 e. The highest BCUT2D eigenvalue weighted by Crippen LogP contribution is 2.37. The fourth-order valence-corrected chi connectivity index (χ4v) is 3.24. The molecule has 0 saturated heterocycles. The first-order valence-electron chi connectivity index (χ1n) is 8.12. The summed E-state index contributed by atoms with van der Waals surface area (Å²) in [5.41, 5.74) is 9.30. The Labute approximate surface area is 149 Å². The van der Waals surface area contributed by atoms with Gasteiger partial charge in [-0.3, -0.25) is 4.99 Å². The highest BCUT2D eigenvalue weighted by molar-refractivity contribution is 6.28. The number of nitrogens with one attached hydrogen (secondary N) is 1. The zero-order valence-corrected chi connectivity index (χ0v) is 13.7. The van der Waals surface area contributed by atoms with E-state index in [1.54, 1.807) is 0 Å². The number of hydrogen-bond donors (Lipinski definition) is 2. The number of hydrogen-bond acceptors (Lipinski definition) is 3. The van der Waals surface area contributed by atoms with Crippen molar-refractivity contribution in [3.05, 3.63) is 95.1 Å². The molecular weight excluding hydrogens is 332 g/mol. The summed E-state index contributed by atoms with van der Waals surface area (Å²) in [4.78, 5) is 4.63. The van der Waals surface area contributed by atoms with Gasteiger partial charge in [-0.15, -0.1) is 0 Å². The lowest BCUT2D eigenvalue weighted by Crippen LogP contribution is -2.27. The van der Waals surface area contributed by atoms with Crippen LogP contribution in [0.4, 0.5) is 20.2 Å². The molecule has 0 amide bonds. The van der Waals surface area contributed by atoms with Crippen molar-refractivity contribution >= 4 is 22.8 Å². The Morgan fingerprint density at radius 1 is 0.846 bits per heavy atom. The lowest BCUT2D eigenvalue weighted by Gasteiger charge is -2.27. The summed E-state index contributed by atoms with van der Waals surface area (Å²) < 4.78 is 27.6. The minimum absolute atomic E-state index is 0.208. The van der Waals surface area contributed by atoms with Crippen LogP contribution in [-0.4, -0.2) is 11.4 Å². The van der Waals surface area contributed by atoms with E-state index >= 15 is 0 Å². The molecule has 3 N–H and O–H groups in total. The van der Waals surface area contributed by atoms with E-state index in [2.05, 4.69) is 4.99 Å². The first-order chi connectivity index (χ1) is 12.5. The summed E-state index contributed by atoms with van der Waals surface area (Å²) in [5.74, 6) is -1.42. The van der Waals surface area contributed by atoms with Crippen LogP contribution < -0.4 is 5.73 Å². The van der Waals surface area contributed by atoms with Crippen LogP contribution in [0.25, 0.3) is 0 Å². The summed E-state index contributed by atoms with van der Waals surface area (Å²) in [6, 6.07) is 17.6. The van der Waals surface area contributed by atoms with E-state index < -0.39 is 17.6 Å². The zero-order chi connectivity index (χ0) is 18.3. The first kappa shape index (κ1) is 16.1. The minimum Gasteiger partial charge on any atom is -0.398 e. The van der Waals surface area contributed by atoms with Crippen molar-refractivity contribution in [3.63, 3.8) is 0 Å². The molecule has 1 aliphatic rings. The Hall–Kier alpha value is -3.34. The largest absolute Gasteiger partial charge is 0.398 e. The SMILES string of the molecule is N=C1c2cc(F)ccc2N=C(c2cc(F)ccc2N)C1c1ccccc1. The molecule has 0 fully saturated rings. The van der Waals surface area contributed by atoms with Gasteiger partial charge in [-0.05, 0) is 42.0 Å². The summed E-state index contributed by atoms with van der Waals surface area (Å²) in [6.45, 7) is 0. The van der Waals surface area contributed by atoms with Gasteiger partial charge in [0.05, 0.1) is 23.0 Å². The number of fused-ring (bicyclic) bond motifs is 1. The fraction of sp³-hybridized carbons (Fsp3) is 0.0476. The molecule has 1 heterocycles. The van der Waals surface area contributed by atoms with Crippen LogP contribution in [-0.2, 0) is 0 Å². The van der Waals surface area contributed by atoms with Crippen molar-refractivity contribution in [2.45, 2.75) is 5.92 Å². The molecule has 1 atom stereocenters. The molecule has 128 valence electrons. The maximum absolute atomic E-state index is 13.9. The third-order valence-electron chi connectivity index (χ3n) is 4.48. The molecule has 0 radical (unpaired) electrons. The van der Waals surface area contributed by atoms with E-state index in [-0.39, 0.29) is 5.71 Å². The number of anilines is 1. The average Bonchev–Trinajstić information content (AvgIpc) is 2.65. The van der Waals surface area contributed by atoms with E-state index in [1.807, 2.05) is 30.3 Å². The van der Waals surface area contributed by atoms with Crippen LogP contribution in [0.1, 0.15) is 22.6 Å². The van der Waals surface area contributed by atoms with Gasteiger partial charge >= 0.3 is 0 Å². The summed E-state index contributed by atoms with van der Waals surface area (Å²) in [5, 5.41) is 8.68. The topological polar surface area (TPSA) is 62.2 Å². The van der Waals surface area contributed by atoms with E-state index in [4.69, 9.17) is 11.1 Å². The van der Waals surface area contributed by atoms with Gasteiger partial charge in [0.25, 0.3) is 0 Å². The second kappa shape index (κ2) is 6.19. The van der Waals surface area contributed by atoms with Crippen molar-refractivity contribution in [1.82, 2.24) is 0 Å². The Bertz CT molecular complexity index is 1040. The normalized spacial score (nSPS) is 16.2. The third kappa shape index (κ3) is 2.67. The molecule has 0 aromatic heterocycles. The van der Waals surface area contributed by atoms with E-state index in [1.165, 1.54) is 36.4 Å². The van der Waals surface area contributed by atoms with Gasteiger partial charge in [-0.2, -0.15) is 0 Å². The second-order valence-electron chi connectivity index (χ2n) is 6.15. The van der Waals surface area contributed by atoms with Crippen LogP contribution >= 0.6 is 0 Å². The lowest BCUT2D eigenvalue weighted by atomic mass is 9.80. The molecular formula is C21H15F2N3. The number of nitrogens with two attached hydrogens (primary N) is 1. The summed E-state index contributed by atoms with van der Waals surface area (Å²) in [7, 11) is 0. The van der Waals surface area contributed by atoms with Crippen molar-refractivity contribution in [3.8, 4) is 0 Å². The van der Waals surface area contributed by atoms with Crippen molar-refractivity contribution in [2.24, 2.45) is 4.99 Å². The molecule has 3 aromatic rings. The number of nitrogens with zero attached hydrogens (tertiary/aromatic N) is 1. The third-order valence-corrected chi connectivity index (χ3v) is 4.48. The van der Waals surface area contributed by atoms with E-state index in [0.717, 1.165) is 5.56 Å². The van der Waals surface area contributed by atoms with Crippen LogP contribution in [0.15, 0.2) is 71.7 Å². The highest BCUT2D eigenvalue weighted by atomic mass is 19.1. The number of nitrogen functional groups attached to an aromatic ring is 1. The standard InChI is InChI=1S/C21H15F2N3/c22-13-6-8-17(24)15(10-13)21-19(12-4-2-1-3-5-12)20(25)16-11-14(23)7-9-18(16)26-21/h1-11,19,25H,24H2. The van der Waals surface area contributed by atoms with Gasteiger partial charge in [0, 0.05) is 16.8 Å². The van der Waals surface area contributed by atoms with Crippen molar-refractivity contribution in [2.75, 3.05) is 5.73 Å². The number of rotatable bonds is 2. The molecule has 4 rings (SSSR count). The molecule has 0 saturated carbocycles. The molecule has 5 heteroatoms. The molecule has 26 heavy (non-hydrogen) atoms. The average molecular weight is 347 g/mol. The van der Waals surface area contributed by atoms with Crippen molar-refractivity contribution < 1.29 is 8.78 Å². The summed E-state index contributed by atoms with van der Waals surface area (Å²) >= 11 is 0. The van der Waals surface area contributed by atoms with Gasteiger partial charge < -0.3 is 11.1 Å². The van der Waals surface area contributed by atoms with Gasteiger partial charge in [-0.25, -0.2) is 8.78 Å². The number of benzene rings is 3. The predicted molar refractivity (Wildman–Crippen MR) is 99.4 cm³/mol. The highest BCUT2D eigenvalue weighted by Gasteiger charge is 2.32. The molecule has 0 spiro atoms. The van der Waals surface area contributed by atoms with Crippen molar-refractivity contribution in [1.29, 1.82) is 5.41 Å². The van der Waals surface area contributed by atoms with Gasteiger partial charge in [0.1, 0.15) is 11.6 Å². The molecule has 0 aliphatic carbocycles. The van der Waals surface area contributed by atoms with Gasteiger partial charge in [0.2, 0.25) is 0 Å². The number of aliphatic imine (C=N–C) groups is 1. The summed E-state index contributed by atoms with van der Waals surface area (Å²) in [6.07, 6.45) is 0. The molecule has 1 unspecified atom stereocenters. The smallest absolute Gasteiger partial charge is 0.124 e. The molecule has 1 aliphatic heterocycles. The Morgan fingerprint density at radius 2 is 1.50 bits per heavy atom. The minimum atomic E-state index is -0.561. The first-order valence-corrected chi connectivity index (χ1v) is 8.12. The Morgan fingerprint density at radius 3 is 2.23 bits per heavy atom. The van der Waals surface area contributed by atoms with E-state index in [0.29, 0.717) is 28.2 Å². The van der Waals surface area contributed by atoms with Gasteiger partial charge in [0.15, 0.2) is 0 Å². The molecule has 3 nitrogen and oxygen atoms in total. The predicted octanol–water partition coefficient (Wildman–Crippen LogP) is 4.83. The van der Waals surface area contributed by atoms with E-state index in [9.17, 15) is 8.78 Å². The maximum atomic E-state index is 13.9. The molecule has 3 aromatic carbocycles. The lowest BCUT2D eigenvalue weighted by molar-refractivity contribution is 0.627. The Kier molecular flexibility index (Phi) is 3.84. The second-order valence-corrected chi connectivity index (χ2v) is 6.15. The fourth-order valence-electron chi connectivity index (χ4n) is 3.24. The zero-order valence-electron chi connectivity index (χ0n) is 13.7. The van der Waals surface area contributed by atoms with Crippen LogP contribution in [0, 0.1) is 17.0 Å². The quantitative estimate of drug-likeness (QED) is 0.641. The molecule has 0 bridgehead atoms. The van der Waals surface area contributed by atoms with Gasteiger partial charge in [-0.1, -0.05) is 30.3 Å².